The van der Waals surface area contributed by atoms with Crippen LogP contribution in [0.4, 0.5) is 14.5 Å². The van der Waals surface area contributed by atoms with Gasteiger partial charge in [-0.15, -0.1) is 0 Å². The molecule has 1 atom stereocenters. The van der Waals surface area contributed by atoms with Crippen molar-refractivity contribution >= 4 is 27.5 Å². The van der Waals surface area contributed by atoms with E-state index in [1.807, 2.05) is 0 Å². The molecule has 1 heterocycles. The van der Waals surface area contributed by atoms with E-state index in [0.717, 1.165) is 30.3 Å². The molecule has 1 unspecified atom stereocenters. The Labute approximate surface area is 148 Å². The third kappa shape index (κ3) is 3.43. The van der Waals surface area contributed by atoms with Crippen LogP contribution in [0.2, 0.25) is 0 Å². The Bertz CT molecular complexity index is 961. The SMILES string of the molecule is O=C(Nc1cccc(F)c1)C1CCC(=O)N1S(=O)(=O)c1ccc(F)cc1. The van der Waals surface area contributed by atoms with Gasteiger partial charge in [0, 0.05) is 12.1 Å². The summed E-state index contributed by atoms with van der Waals surface area (Å²) in [5, 5.41) is 2.41. The highest BCUT2D eigenvalue weighted by Gasteiger charge is 2.44. The first-order valence-electron chi connectivity index (χ1n) is 7.68. The van der Waals surface area contributed by atoms with Gasteiger partial charge in [-0.1, -0.05) is 6.07 Å². The summed E-state index contributed by atoms with van der Waals surface area (Å²) in [7, 11) is -4.32. The number of carbonyl (C=O) groups is 2. The normalized spacial score (nSPS) is 17.4. The van der Waals surface area contributed by atoms with Crippen LogP contribution in [-0.4, -0.2) is 30.6 Å². The second-order valence-corrected chi connectivity index (χ2v) is 7.52. The summed E-state index contributed by atoms with van der Waals surface area (Å²) >= 11 is 0. The van der Waals surface area contributed by atoms with Crippen LogP contribution in [0.3, 0.4) is 0 Å². The number of anilines is 1. The Balaban J connectivity index is 1.88. The lowest BCUT2D eigenvalue weighted by atomic mass is 10.2. The van der Waals surface area contributed by atoms with Gasteiger partial charge in [0.2, 0.25) is 11.8 Å². The number of nitrogens with one attached hydrogen (secondary N) is 1. The summed E-state index contributed by atoms with van der Waals surface area (Å²) in [6, 6.07) is 7.79. The maximum atomic E-state index is 13.2. The van der Waals surface area contributed by atoms with E-state index in [1.165, 1.54) is 18.2 Å². The lowest BCUT2D eigenvalue weighted by Crippen LogP contribution is -2.45. The first-order chi connectivity index (χ1) is 12.3. The fourth-order valence-electron chi connectivity index (χ4n) is 2.71. The molecule has 6 nitrogen and oxygen atoms in total. The number of nitrogens with zero attached hydrogens (tertiary/aromatic N) is 1. The number of carbonyl (C=O) groups excluding carboxylic acids is 2. The highest BCUT2D eigenvalue weighted by Crippen LogP contribution is 2.28. The van der Waals surface area contributed by atoms with Crippen LogP contribution < -0.4 is 5.32 Å². The van der Waals surface area contributed by atoms with Gasteiger partial charge in [0.05, 0.1) is 4.90 Å². The van der Waals surface area contributed by atoms with Crippen molar-refractivity contribution in [2.75, 3.05) is 5.32 Å². The highest BCUT2D eigenvalue weighted by atomic mass is 32.2. The number of hydrogen-bond donors (Lipinski definition) is 1. The molecule has 2 amide bonds. The molecule has 0 bridgehead atoms. The third-order valence-corrected chi connectivity index (χ3v) is 5.77. The summed E-state index contributed by atoms with van der Waals surface area (Å²) in [6.45, 7) is 0. The van der Waals surface area contributed by atoms with Crippen LogP contribution >= 0.6 is 0 Å². The molecule has 0 aliphatic carbocycles. The molecule has 2 aromatic carbocycles. The van der Waals surface area contributed by atoms with Crippen LogP contribution in [0.5, 0.6) is 0 Å². The molecular formula is C17H14F2N2O4S. The predicted octanol–water partition coefficient (Wildman–Crippen LogP) is 2.28. The molecule has 0 spiro atoms. The van der Waals surface area contributed by atoms with E-state index >= 15 is 0 Å². The fourth-order valence-corrected chi connectivity index (χ4v) is 4.32. The van der Waals surface area contributed by atoms with Crippen LogP contribution in [0, 0.1) is 11.6 Å². The van der Waals surface area contributed by atoms with Gasteiger partial charge in [-0.3, -0.25) is 9.59 Å². The molecule has 0 saturated carbocycles. The van der Waals surface area contributed by atoms with Crippen LogP contribution in [-0.2, 0) is 19.6 Å². The lowest BCUT2D eigenvalue weighted by molar-refractivity contribution is -0.128. The summed E-state index contributed by atoms with van der Waals surface area (Å²) < 4.78 is 52.2. The van der Waals surface area contributed by atoms with Crippen molar-refractivity contribution in [1.29, 1.82) is 0 Å². The molecule has 1 N–H and O–H groups in total. The minimum Gasteiger partial charge on any atom is -0.324 e. The van der Waals surface area contributed by atoms with Gasteiger partial charge in [-0.05, 0) is 48.9 Å². The largest absolute Gasteiger partial charge is 0.324 e. The molecule has 0 radical (unpaired) electrons. The van der Waals surface area contributed by atoms with E-state index in [1.54, 1.807) is 0 Å². The lowest BCUT2D eigenvalue weighted by Gasteiger charge is -2.23. The molecule has 1 fully saturated rings. The van der Waals surface area contributed by atoms with E-state index < -0.39 is 39.5 Å². The summed E-state index contributed by atoms with van der Waals surface area (Å²) in [5.74, 6) is -2.67. The van der Waals surface area contributed by atoms with E-state index in [2.05, 4.69) is 5.32 Å². The van der Waals surface area contributed by atoms with Gasteiger partial charge >= 0.3 is 0 Å². The molecule has 1 aliphatic heterocycles. The first-order valence-corrected chi connectivity index (χ1v) is 9.12. The quantitative estimate of drug-likeness (QED) is 0.882. The monoisotopic (exact) mass is 380 g/mol. The third-order valence-electron chi connectivity index (χ3n) is 3.93. The van der Waals surface area contributed by atoms with E-state index in [0.29, 0.717) is 4.31 Å². The topological polar surface area (TPSA) is 83.6 Å². The van der Waals surface area contributed by atoms with Gasteiger partial charge in [-0.2, -0.15) is 0 Å². The second kappa shape index (κ2) is 6.83. The van der Waals surface area contributed by atoms with Crippen LogP contribution in [0.25, 0.3) is 0 Å². The van der Waals surface area contributed by atoms with Crippen molar-refractivity contribution in [3.05, 3.63) is 60.2 Å². The number of hydrogen-bond acceptors (Lipinski definition) is 4. The number of halogens is 2. The number of rotatable bonds is 4. The highest BCUT2D eigenvalue weighted by molar-refractivity contribution is 7.89. The number of amides is 2. The van der Waals surface area contributed by atoms with Gasteiger partial charge in [0.25, 0.3) is 10.0 Å². The van der Waals surface area contributed by atoms with Gasteiger partial charge < -0.3 is 5.32 Å². The van der Waals surface area contributed by atoms with Crippen molar-refractivity contribution < 1.29 is 26.8 Å². The molecule has 9 heteroatoms. The average molecular weight is 380 g/mol. The number of benzene rings is 2. The molecule has 0 aromatic heterocycles. The molecular weight excluding hydrogens is 366 g/mol. The molecule has 1 saturated heterocycles. The zero-order valence-electron chi connectivity index (χ0n) is 13.4. The van der Waals surface area contributed by atoms with Crippen molar-refractivity contribution in [2.45, 2.75) is 23.8 Å². The molecule has 3 rings (SSSR count). The van der Waals surface area contributed by atoms with Crippen molar-refractivity contribution in [1.82, 2.24) is 4.31 Å². The van der Waals surface area contributed by atoms with Crippen molar-refractivity contribution in [3.63, 3.8) is 0 Å². The zero-order valence-corrected chi connectivity index (χ0v) is 14.2. The van der Waals surface area contributed by atoms with Gasteiger partial charge in [0.1, 0.15) is 17.7 Å². The Hall–Kier alpha value is -2.81. The van der Waals surface area contributed by atoms with Crippen molar-refractivity contribution in [3.8, 4) is 0 Å². The maximum absolute atomic E-state index is 13.2. The minimum absolute atomic E-state index is 0.000404. The van der Waals surface area contributed by atoms with Gasteiger partial charge in [0.15, 0.2) is 0 Å². The smallest absolute Gasteiger partial charge is 0.267 e. The average Bonchev–Trinajstić information content (AvgIpc) is 2.98. The minimum atomic E-state index is -4.32. The summed E-state index contributed by atoms with van der Waals surface area (Å²) in [4.78, 5) is 24.3. The summed E-state index contributed by atoms with van der Waals surface area (Å²) in [5.41, 5.74) is 0.147. The molecule has 2 aromatic rings. The van der Waals surface area contributed by atoms with E-state index in [4.69, 9.17) is 0 Å². The van der Waals surface area contributed by atoms with E-state index in [9.17, 15) is 26.8 Å². The first kappa shape index (κ1) is 18.0. The predicted molar refractivity (Wildman–Crippen MR) is 88.5 cm³/mol. The molecule has 26 heavy (non-hydrogen) atoms. The zero-order chi connectivity index (χ0) is 18.9. The summed E-state index contributed by atoms with van der Waals surface area (Å²) in [6.07, 6.45) is -0.123. The standard InChI is InChI=1S/C17H14F2N2O4S/c18-11-4-6-14(7-5-11)26(24,25)21-15(8-9-16(21)22)17(23)20-13-3-1-2-12(19)10-13/h1-7,10,15H,8-9H2,(H,20,23). The second-order valence-electron chi connectivity index (χ2n) is 5.70. The number of sulfonamides is 1. The van der Waals surface area contributed by atoms with Crippen LogP contribution in [0.1, 0.15) is 12.8 Å². The molecule has 1 aliphatic rings. The maximum Gasteiger partial charge on any atom is 0.267 e. The van der Waals surface area contributed by atoms with Crippen molar-refractivity contribution in [2.24, 2.45) is 0 Å². The Kier molecular flexibility index (Phi) is 4.73. The van der Waals surface area contributed by atoms with Gasteiger partial charge in [-0.25, -0.2) is 21.5 Å². The van der Waals surface area contributed by atoms with E-state index in [-0.39, 0.29) is 23.4 Å². The molecule has 136 valence electrons. The Morgan fingerprint density at radius 1 is 1.08 bits per heavy atom. The Morgan fingerprint density at radius 3 is 2.42 bits per heavy atom. The Morgan fingerprint density at radius 2 is 1.77 bits per heavy atom. The fraction of sp³-hybridized carbons (Fsp3) is 0.176. The van der Waals surface area contributed by atoms with Crippen LogP contribution in [0.15, 0.2) is 53.4 Å².